The lowest BCUT2D eigenvalue weighted by Crippen LogP contribution is -2.45. The summed E-state index contributed by atoms with van der Waals surface area (Å²) in [6.07, 6.45) is 3.28. The van der Waals surface area contributed by atoms with Crippen LogP contribution in [0.5, 0.6) is 0 Å². The molecular weight excluding hydrogens is 312 g/mol. The predicted octanol–water partition coefficient (Wildman–Crippen LogP) is 3.83. The molecule has 3 rings (SSSR count). The number of amides is 2. The van der Waals surface area contributed by atoms with Crippen LogP contribution in [0.2, 0.25) is 0 Å². The SMILES string of the molecule is C=CCN=C[C@H]1C(=O)N(c2ccc(C)c(C)c2)C(=O)c2ccccc21. The van der Waals surface area contributed by atoms with E-state index in [1.807, 2.05) is 50.2 Å². The first kappa shape index (κ1) is 16.8. The Bertz CT molecular complexity index is 883. The molecule has 1 atom stereocenters. The number of hydrogen-bond acceptors (Lipinski definition) is 3. The topological polar surface area (TPSA) is 49.7 Å². The Morgan fingerprint density at radius 2 is 1.88 bits per heavy atom. The van der Waals surface area contributed by atoms with Crippen LogP contribution in [-0.4, -0.2) is 24.6 Å². The maximum Gasteiger partial charge on any atom is 0.265 e. The molecule has 0 bridgehead atoms. The van der Waals surface area contributed by atoms with E-state index in [9.17, 15) is 9.59 Å². The van der Waals surface area contributed by atoms with E-state index >= 15 is 0 Å². The number of aliphatic imine (C=N–C) groups is 1. The van der Waals surface area contributed by atoms with Crippen molar-refractivity contribution >= 4 is 23.7 Å². The highest BCUT2D eigenvalue weighted by Crippen LogP contribution is 2.32. The number of hydrogen-bond donors (Lipinski definition) is 0. The Morgan fingerprint density at radius 3 is 2.60 bits per heavy atom. The van der Waals surface area contributed by atoms with Crippen molar-refractivity contribution in [2.45, 2.75) is 19.8 Å². The van der Waals surface area contributed by atoms with Crippen molar-refractivity contribution in [2.75, 3.05) is 11.4 Å². The van der Waals surface area contributed by atoms with Gasteiger partial charge in [-0.15, -0.1) is 6.58 Å². The van der Waals surface area contributed by atoms with Gasteiger partial charge in [0.25, 0.3) is 5.91 Å². The quantitative estimate of drug-likeness (QED) is 0.485. The lowest BCUT2D eigenvalue weighted by molar-refractivity contribution is -0.118. The highest BCUT2D eigenvalue weighted by molar-refractivity contribution is 6.29. The van der Waals surface area contributed by atoms with E-state index in [4.69, 9.17) is 0 Å². The zero-order valence-corrected chi connectivity index (χ0v) is 14.4. The van der Waals surface area contributed by atoms with Gasteiger partial charge >= 0.3 is 0 Å². The maximum atomic E-state index is 13.1. The smallest absolute Gasteiger partial charge is 0.265 e. The molecule has 4 nitrogen and oxygen atoms in total. The number of nitrogens with zero attached hydrogens (tertiary/aromatic N) is 2. The van der Waals surface area contributed by atoms with Gasteiger partial charge in [0.2, 0.25) is 5.91 Å². The molecule has 0 saturated carbocycles. The molecular formula is C21H20N2O2. The third-order valence-electron chi connectivity index (χ3n) is 4.45. The van der Waals surface area contributed by atoms with Crippen LogP contribution >= 0.6 is 0 Å². The van der Waals surface area contributed by atoms with E-state index in [1.54, 1.807) is 18.4 Å². The first-order chi connectivity index (χ1) is 12.0. The highest BCUT2D eigenvalue weighted by atomic mass is 16.2. The summed E-state index contributed by atoms with van der Waals surface area (Å²) < 4.78 is 0. The molecule has 2 aromatic carbocycles. The van der Waals surface area contributed by atoms with Crippen molar-refractivity contribution in [3.63, 3.8) is 0 Å². The summed E-state index contributed by atoms with van der Waals surface area (Å²) in [5, 5.41) is 0. The molecule has 25 heavy (non-hydrogen) atoms. The molecule has 0 spiro atoms. The highest BCUT2D eigenvalue weighted by Gasteiger charge is 2.38. The Hall–Kier alpha value is -3.01. The summed E-state index contributed by atoms with van der Waals surface area (Å²) in [6, 6.07) is 12.8. The molecule has 126 valence electrons. The lowest BCUT2D eigenvalue weighted by atomic mass is 9.88. The second kappa shape index (κ2) is 6.85. The number of carbonyl (C=O) groups is 2. The Labute approximate surface area is 147 Å². The third-order valence-corrected chi connectivity index (χ3v) is 4.45. The number of fused-ring (bicyclic) bond motifs is 1. The standard InChI is InChI=1S/C21H20N2O2/c1-4-11-22-13-19-17-7-5-6-8-18(17)20(24)23(21(19)25)16-10-9-14(2)15(3)12-16/h4-10,12-13,19H,1,11H2,2-3H3/t19-/m1/s1. The molecule has 0 unspecified atom stereocenters. The molecule has 0 N–H and O–H groups in total. The van der Waals surface area contributed by atoms with Crippen LogP contribution in [0.25, 0.3) is 0 Å². The minimum Gasteiger partial charge on any atom is -0.292 e. The average Bonchev–Trinajstić information content (AvgIpc) is 2.61. The van der Waals surface area contributed by atoms with Gasteiger partial charge < -0.3 is 0 Å². The van der Waals surface area contributed by atoms with Gasteiger partial charge in [-0.1, -0.05) is 30.3 Å². The molecule has 1 aliphatic heterocycles. The second-order valence-electron chi connectivity index (χ2n) is 6.12. The molecule has 2 amide bonds. The Morgan fingerprint density at radius 1 is 1.12 bits per heavy atom. The molecule has 0 radical (unpaired) electrons. The van der Waals surface area contributed by atoms with Crippen molar-refractivity contribution in [3.8, 4) is 0 Å². The van der Waals surface area contributed by atoms with Crippen LogP contribution in [0.3, 0.4) is 0 Å². The van der Waals surface area contributed by atoms with E-state index in [-0.39, 0.29) is 11.8 Å². The number of imide groups is 1. The van der Waals surface area contributed by atoms with E-state index in [1.165, 1.54) is 4.90 Å². The summed E-state index contributed by atoms with van der Waals surface area (Å²) in [4.78, 5) is 31.5. The molecule has 0 saturated heterocycles. The molecule has 4 heteroatoms. The normalized spacial score (nSPS) is 17.0. The monoisotopic (exact) mass is 332 g/mol. The molecule has 0 fully saturated rings. The largest absolute Gasteiger partial charge is 0.292 e. The fourth-order valence-corrected chi connectivity index (χ4v) is 2.95. The third kappa shape index (κ3) is 3.03. The van der Waals surface area contributed by atoms with E-state index < -0.39 is 5.92 Å². The molecule has 1 aliphatic rings. The van der Waals surface area contributed by atoms with Gasteiger partial charge in [0, 0.05) is 11.8 Å². The number of aryl methyl sites for hydroxylation is 2. The molecule has 1 heterocycles. The van der Waals surface area contributed by atoms with Gasteiger partial charge in [-0.2, -0.15) is 0 Å². The summed E-state index contributed by atoms with van der Waals surface area (Å²) in [7, 11) is 0. The van der Waals surface area contributed by atoms with Crippen molar-refractivity contribution < 1.29 is 9.59 Å². The summed E-state index contributed by atoms with van der Waals surface area (Å²) in [5.74, 6) is -1.15. The summed E-state index contributed by atoms with van der Waals surface area (Å²) in [5.41, 5.74) is 3.98. The van der Waals surface area contributed by atoms with Crippen LogP contribution in [0.15, 0.2) is 60.1 Å². The van der Waals surface area contributed by atoms with Gasteiger partial charge in [-0.3, -0.25) is 14.6 Å². The number of benzene rings is 2. The number of rotatable bonds is 4. The van der Waals surface area contributed by atoms with Crippen molar-refractivity contribution in [3.05, 3.63) is 77.4 Å². The molecule has 0 aliphatic carbocycles. The van der Waals surface area contributed by atoms with E-state index in [0.717, 1.165) is 11.1 Å². The predicted molar refractivity (Wildman–Crippen MR) is 100 cm³/mol. The van der Waals surface area contributed by atoms with Crippen molar-refractivity contribution in [2.24, 2.45) is 4.99 Å². The van der Waals surface area contributed by atoms with Crippen LogP contribution < -0.4 is 4.90 Å². The van der Waals surface area contributed by atoms with Gasteiger partial charge in [-0.05, 0) is 48.7 Å². The Balaban J connectivity index is 2.11. The first-order valence-electron chi connectivity index (χ1n) is 8.20. The summed E-state index contributed by atoms with van der Waals surface area (Å²) in [6.45, 7) is 8.04. The van der Waals surface area contributed by atoms with Gasteiger partial charge in [0.15, 0.2) is 0 Å². The zero-order valence-electron chi connectivity index (χ0n) is 14.4. The van der Waals surface area contributed by atoms with Crippen LogP contribution in [0.1, 0.15) is 33.0 Å². The molecule has 0 aromatic heterocycles. The second-order valence-corrected chi connectivity index (χ2v) is 6.12. The first-order valence-corrected chi connectivity index (χ1v) is 8.20. The Kier molecular flexibility index (Phi) is 4.61. The van der Waals surface area contributed by atoms with Crippen molar-refractivity contribution in [1.29, 1.82) is 0 Å². The van der Waals surface area contributed by atoms with Gasteiger partial charge in [0.05, 0.1) is 18.2 Å². The summed E-state index contributed by atoms with van der Waals surface area (Å²) >= 11 is 0. The van der Waals surface area contributed by atoms with Crippen LogP contribution in [0, 0.1) is 13.8 Å². The fourth-order valence-electron chi connectivity index (χ4n) is 2.95. The average molecular weight is 332 g/mol. The van der Waals surface area contributed by atoms with Gasteiger partial charge in [-0.25, -0.2) is 4.90 Å². The molecule has 2 aromatic rings. The minimum atomic E-state index is -0.574. The fraction of sp³-hybridized carbons (Fsp3) is 0.190. The van der Waals surface area contributed by atoms with Crippen molar-refractivity contribution in [1.82, 2.24) is 0 Å². The number of carbonyl (C=O) groups excluding carboxylic acids is 2. The zero-order chi connectivity index (χ0) is 18.0. The maximum absolute atomic E-state index is 13.1. The van der Waals surface area contributed by atoms with E-state index in [0.29, 0.717) is 23.4 Å². The van der Waals surface area contributed by atoms with Crippen LogP contribution in [-0.2, 0) is 4.79 Å². The number of anilines is 1. The van der Waals surface area contributed by atoms with E-state index in [2.05, 4.69) is 11.6 Å². The lowest BCUT2D eigenvalue weighted by Gasteiger charge is -2.31. The van der Waals surface area contributed by atoms with Gasteiger partial charge in [0.1, 0.15) is 0 Å². The van der Waals surface area contributed by atoms with Crippen LogP contribution in [0.4, 0.5) is 5.69 Å². The minimum absolute atomic E-state index is 0.278.